The van der Waals surface area contributed by atoms with E-state index in [0.29, 0.717) is 19.3 Å². The molecule has 324 valence electrons. The molecule has 0 bridgehead atoms. The standard InChI is InChI=1S/C51H84O6/c1-4-7-10-13-16-19-21-22-23-24-25-26-27-28-30-32-35-38-41-44-50(53)56-47-48(46-55-49(52)43-40-37-34-31-18-15-12-9-6-3)57-51(54)45-42-39-36-33-29-20-17-14-11-8-5-2/h8-9,11-12,16-22,31,33,36,48H,4-7,10,13-15,23-30,32,34-35,37-47H2,1-3H3/b11-8-,12-9-,19-16-,20-17-,22-21-,31-18-,36-33-. The average Bonchev–Trinajstić information content (AvgIpc) is 3.21. The van der Waals surface area contributed by atoms with Gasteiger partial charge in [0.2, 0.25) is 0 Å². The van der Waals surface area contributed by atoms with Gasteiger partial charge in [0.15, 0.2) is 6.10 Å². The molecule has 6 nitrogen and oxygen atoms in total. The van der Waals surface area contributed by atoms with Gasteiger partial charge in [-0.15, -0.1) is 0 Å². The average molecular weight is 793 g/mol. The van der Waals surface area contributed by atoms with E-state index in [1.54, 1.807) is 0 Å². The maximum atomic E-state index is 12.7. The molecule has 0 aliphatic rings. The zero-order chi connectivity index (χ0) is 41.5. The highest BCUT2D eigenvalue weighted by atomic mass is 16.6. The monoisotopic (exact) mass is 793 g/mol. The minimum Gasteiger partial charge on any atom is -0.462 e. The van der Waals surface area contributed by atoms with Crippen LogP contribution in [-0.2, 0) is 28.6 Å². The van der Waals surface area contributed by atoms with Gasteiger partial charge in [0.25, 0.3) is 0 Å². The minimum atomic E-state index is -0.814. The molecule has 0 aliphatic heterocycles. The van der Waals surface area contributed by atoms with Crippen LogP contribution in [0.1, 0.15) is 201 Å². The highest BCUT2D eigenvalue weighted by molar-refractivity contribution is 5.71. The number of rotatable bonds is 40. The third-order valence-corrected chi connectivity index (χ3v) is 9.39. The van der Waals surface area contributed by atoms with Crippen molar-refractivity contribution in [3.63, 3.8) is 0 Å². The van der Waals surface area contributed by atoms with Crippen molar-refractivity contribution in [1.29, 1.82) is 0 Å². The number of allylic oxidation sites excluding steroid dienone is 14. The number of hydrogen-bond donors (Lipinski definition) is 0. The van der Waals surface area contributed by atoms with E-state index in [-0.39, 0.29) is 37.5 Å². The van der Waals surface area contributed by atoms with Crippen LogP contribution in [0.4, 0.5) is 0 Å². The Morgan fingerprint density at radius 2 is 0.754 bits per heavy atom. The van der Waals surface area contributed by atoms with Crippen molar-refractivity contribution < 1.29 is 28.6 Å². The van der Waals surface area contributed by atoms with Crippen molar-refractivity contribution in [3.05, 3.63) is 85.1 Å². The first-order chi connectivity index (χ1) is 28.0. The predicted molar refractivity (Wildman–Crippen MR) is 242 cm³/mol. The summed E-state index contributed by atoms with van der Waals surface area (Å²) in [5, 5.41) is 0. The first-order valence-electron chi connectivity index (χ1n) is 23.1. The lowest BCUT2D eigenvalue weighted by atomic mass is 10.1. The summed E-state index contributed by atoms with van der Waals surface area (Å²) in [4.78, 5) is 37.6. The summed E-state index contributed by atoms with van der Waals surface area (Å²) >= 11 is 0. The van der Waals surface area contributed by atoms with Gasteiger partial charge in [-0.25, -0.2) is 0 Å². The Labute approximate surface area is 350 Å². The molecule has 0 fully saturated rings. The Bertz CT molecular complexity index is 1140. The maximum Gasteiger partial charge on any atom is 0.306 e. The van der Waals surface area contributed by atoms with Crippen molar-refractivity contribution >= 4 is 17.9 Å². The quantitative estimate of drug-likeness (QED) is 0.0202. The fourth-order valence-corrected chi connectivity index (χ4v) is 5.96. The molecule has 0 saturated carbocycles. The van der Waals surface area contributed by atoms with Crippen LogP contribution in [0.3, 0.4) is 0 Å². The minimum absolute atomic E-state index is 0.110. The fraction of sp³-hybridized carbons (Fsp3) is 0.667. The van der Waals surface area contributed by atoms with Crippen LogP contribution >= 0.6 is 0 Å². The highest BCUT2D eigenvalue weighted by Gasteiger charge is 2.19. The van der Waals surface area contributed by atoms with Gasteiger partial charge in [0.1, 0.15) is 13.2 Å². The molecule has 57 heavy (non-hydrogen) atoms. The van der Waals surface area contributed by atoms with Gasteiger partial charge in [0.05, 0.1) is 0 Å². The molecule has 0 spiro atoms. The van der Waals surface area contributed by atoms with Gasteiger partial charge in [-0.3, -0.25) is 14.4 Å². The maximum absolute atomic E-state index is 12.7. The predicted octanol–water partition coefficient (Wildman–Crippen LogP) is 14.9. The molecule has 0 aromatic heterocycles. The number of hydrogen-bond acceptors (Lipinski definition) is 6. The first-order valence-corrected chi connectivity index (χ1v) is 23.1. The topological polar surface area (TPSA) is 78.9 Å². The van der Waals surface area contributed by atoms with Gasteiger partial charge in [-0.1, -0.05) is 170 Å². The van der Waals surface area contributed by atoms with Crippen LogP contribution in [0.2, 0.25) is 0 Å². The Balaban J connectivity index is 4.36. The summed E-state index contributed by atoms with van der Waals surface area (Å²) < 4.78 is 16.6. The Hall–Kier alpha value is -3.41. The zero-order valence-corrected chi connectivity index (χ0v) is 36.8. The van der Waals surface area contributed by atoms with Gasteiger partial charge in [-0.05, 0) is 96.3 Å². The van der Waals surface area contributed by atoms with E-state index >= 15 is 0 Å². The number of carbonyl (C=O) groups is 3. The summed E-state index contributed by atoms with van der Waals surface area (Å²) in [7, 11) is 0. The molecule has 0 heterocycles. The van der Waals surface area contributed by atoms with Crippen LogP contribution in [-0.4, -0.2) is 37.2 Å². The van der Waals surface area contributed by atoms with Gasteiger partial charge in [0, 0.05) is 19.3 Å². The molecule has 6 heteroatoms. The normalized spacial score (nSPS) is 12.8. The van der Waals surface area contributed by atoms with E-state index in [4.69, 9.17) is 14.2 Å². The lowest BCUT2D eigenvalue weighted by Crippen LogP contribution is -2.30. The lowest BCUT2D eigenvalue weighted by molar-refractivity contribution is -0.167. The zero-order valence-electron chi connectivity index (χ0n) is 36.8. The molecule has 0 rings (SSSR count). The highest BCUT2D eigenvalue weighted by Crippen LogP contribution is 2.13. The van der Waals surface area contributed by atoms with Crippen LogP contribution in [0.15, 0.2) is 85.1 Å². The number of esters is 3. The fourth-order valence-electron chi connectivity index (χ4n) is 5.96. The molecule has 0 aliphatic carbocycles. The van der Waals surface area contributed by atoms with Gasteiger partial charge < -0.3 is 14.2 Å². The molecular weight excluding hydrogens is 709 g/mol. The third-order valence-electron chi connectivity index (χ3n) is 9.39. The molecule has 1 unspecified atom stereocenters. The molecule has 0 amide bonds. The lowest BCUT2D eigenvalue weighted by Gasteiger charge is -2.18. The molecule has 0 radical (unpaired) electrons. The summed E-state index contributed by atoms with van der Waals surface area (Å²) in [5.41, 5.74) is 0. The van der Waals surface area contributed by atoms with Crippen molar-refractivity contribution in [2.75, 3.05) is 13.2 Å². The Morgan fingerprint density at radius 3 is 1.26 bits per heavy atom. The van der Waals surface area contributed by atoms with Crippen LogP contribution in [0.5, 0.6) is 0 Å². The van der Waals surface area contributed by atoms with E-state index in [1.807, 2.05) is 0 Å². The smallest absolute Gasteiger partial charge is 0.306 e. The molecule has 0 saturated heterocycles. The molecule has 1 atom stereocenters. The van der Waals surface area contributed by atoms with E-state index in [9.17, 15) is 14.4 Å². The Morgan fingerprint density at radius 1 is 0.386 bits per heavy atom. The summed E-state index contributed by atoms with van der Waals surface area (Å²) in [6, 6.07) is 0. The summed E-state index contributed by atoms with van der Waals surface area (Å²) in [5.74, 6) is -1.02. The largest absolute Gasteiger partial charge is 0.462 e. The first kappa shape index (κ1) is 53.6. The van der Waals surface area contributed by atoms with Crippen molar-refractivity contribution in [2.45, 2.75) is 207 Å². The van der Waals surface area contributed by atoms with Gasteiger partial charge in [-0.2, -0.15) is 0 Å². The van der Waals surface area contributed by atoms with Crippen LogP contribution < -0.4 is 0 Å². The van der Waals surface area contributed by atoms with E-state index in [0.717, 1.165) is 77.0 Å². The van der Waals surface area contributed by atoms with E-state index in [2.05, 4.69) is 106 Å². The summed E-state index contributed by atoms with van der Waals surface area (Å²) in [6.45, 7) is 6.26. The van der Waals surface area contributed by atoms with E-state index in [1.165, 1.54) is 77.0 Å². The van der Waals surface area contributed by atoms with Crippen LogP contribution in [0, 0.1) is 0 Å². The molecule has 0 N–H and O–H groups in total. The molecule has 0 aromatic carbocycles. The number of ether oxygens (including phenoxy) is 3. The SMILES string of the molecule is CC/C=C\C/C=C\C/C=C\CCCC(=O)OC(COC(=O)CCCC/C=C\C/C=C\CC)COC(=O)CCCCCCCCCCCC/C=C\C=C/CCCCC. The second kappa shape index (κ2) is 45.3. The van der Waals surface area contributed by atoms with Crippen molar-refractivity contribution in [1.82, 2.24) is 0 Å². The Kier molecular flexibility index (Phi) is 42.6. The van der Waals surface area contributed by atoms with Gasteiger partial charge >= 0.3 is 17.9 Å². The number of unbranched alkanes of at least 4 members (excludes halogenated alkanes) is 16. The van der Waals surface area contributed by atoms with Crippen molar-refractivity contribution in [2.24, 2.45) is 0 Å². The third kappa shape index (κ3) is 43.6. The number of carbonyl (C=O) groups excluding carboxylic acids is 3. The molecular formula is C51H84O6. The van der Waals surface area contributed by atoms with E-state index < -0.39 is 6.10 Å². The molecule has 0 aromatic rings. The second-order valence-electron chi connectivity index (χ2n) is 14.9. The van der Waals surface area contributed by atoms with Crippen LogP contribution in [0.25, 0.3) is 0 Å². The van der Waals surface area contributed by atoms with Crippen molar-refractivity contribution in [3.8, 4) is 0 Å². The summed E-state index contributed by atoms with van der Waals surface area (Å²) in [6.07, 6.45) is 57.4. The second-order valence-corrected chi connectivity index (χ2v) is 14.9.